The van der Waals surface area contributed by atoms with Gasteiger partial charge in [0, 0.05) is 47.8 Å². The Labute approximate surface area is 190 Å². The molecule has 3 N–H and O–H groups in total. The number of aromatic nitrogens is 3. The largest absolute Gasteiger partial charge is 0.351 e. The van der Waals surface area contributed by atoms with Crippen LogP contribution in [-0.4, -0.2) is 40.2 Å². The number of H-pyrrole nitrogens is 1. The van der Waals surface area contributed by atoms with Crippen molar-refractivity contribution in [2.75, 3.05) is 13.1 Å². The fourth-order valence-corrected chi connectivity index (χ4v) is 5.86. The highest BCUT2D eigenvalue weighted by molar-refractivity contribution is 7.16. The van der Waals surface area contributed by atoms with Crippen molar-refractivity contribution in [2.45, 2.75) is 31.2 Å². The molecule has 32 heavy (non-hydrogen) atoms. The van der Waals surface area contributed by atoms with Crippen LogP contribution in [0.2, 0.25) is 0 Å². The highest BCUT2D eigenvalue weighted by Crippen LogP contribution is 2.34. The van der Waals surface area contributed by atoms with Crippen LogP contribution in [0.25, 0.3) is 21.5 Å². The van der Waals surface area contributed by atoms with Crippen LogP contribution in [0.5, 0.6) is 0 Å². The summed E-state index contributed by atoms with van der Waals surface area (Å²) in [5.74, 6) is 0.452. The number of nitrogens with one attached hydrogen (secondary N) is 3. The predicted molar refractivity (Wildman–Crippen MR) is 127 cm³/mol. The maximum absolute atomic E-state index is 13.3. The van der Waals surface area contributed by atoms with Crippen LogP contribution in [0, 0.1) is 5.92 Å². The second-order valence-electron chi connectivity index (χ2n) is 8.79. The number of aryl methyl sites for hydroxylation is 1. The van der Waals surface area contributed by atoms with E-state index in [1.54, 1.807) is 11.3 Å². The SMILES string of the molecule is O=C(N[C@@H]1CNC[C@H]1c1ccccc1)C1CCc2[nH]nc(-c3ccc4ncsc4c3)c2C1. The Hall–Kier alpha value is -3.03. The molecular weight excluding hydrogens is 418 g/mol. The Morgan fingerprint density at radius 3 is 2.94 bits per heavy atom. The minimum atomic E-state index is -0.0250. The van der Waals surface area contributed by atoms with Crippen LogP contribution in [0.4, 0.5) is 0 Å². The molecule has 4 aromatic rings. The molecule has 162 valence electrons. The van der Waals surface area contributed by atoms with Gasteiger partial charge >= 0.3 is 0 Å². The molecule has 0 radical (unpaired) electrons. The lowest BCUT2D eigenvalue weighted by Gasteiger charge is -2.26. The first-order valence-electron chi connectivity index (χ1n) is 11.2. The number of hydrogen-bond acceptors (Lipinski definition) is 5. The summed E-state index contributed by atoms with van der Waals surface area (Å²) < 4.78 is 1.16. The Morgan fingerprint density at radius 1 is 1.12 bits per heavy atom. The van der Waals surface area contributed by atoms with Crippen molar-refractivity contribution < 1.29 is 4.79 Å². The number of carbonyl (C=O) groups is 1. The number of fused-ring (bicyclic) bond motifs is 2. The molecule has 1 saturated heterocycles. The van der Waals surface area contributed by atoms with Crippen LogP contribution in [-0.2, 0) is 17.6 Å². The standard InChI is InChI=1S/C25H25N5OS/c31-25(28-22-13-26-12-19(22)15-4-2-1-3-5-15)17-7-8-20-18(10-17)24(30-29-20)16-6-9-21-23(11-16)32-14-27-21/h1-6,9,11,14,17,19,22,26H,7-8,10,12-13H2,(H,28,31)(H,29,30)/t17?,19-,22+/m0/s1. The molecule has 1 amide bonds. The zero-order chi connectivity index (χ0) is 21.5. The lowest BCUT2D eigenvalue weighted by Crippen LogP contribution is -2.43. The molecule has 1 unspecified atom stereocenters. The second-order valence-corrected chi connectivity index (χ2v) is 9.68. The van der Waals surface area contributed by atoms with Crippen LogP contribution in [0.15, 0.2) is 54.0 Å². The Morgan fingerprint density at radius 2 is 2.03 bits per heavy atom. The third kappa shape index (κ3) is 3.51. The van der Waals surface area contributed by atoms with E-state index < -0.39 is 0 Å². The topological polar surface area (TPSA) is 82.7 Å². The van der Waals surface area contributed by atoms with E-state index in [-0.39, 0.29) is 17.9 Å². The molecule has 2 aliphatic rings. The lowest BCUT2D eigenvalue weighted by molar-refractivity contribution is -0.126. The molecule has 2 aromatic carbocycles. The fraction of sp³-hybridized carbons (Fsp3) is 0.320. The zero-order valence-electron chi connectivity index (χ0n) is 17.7. The average molecular weight is 444 g/mol. The minimum absolute atomic E-state index is 0.0250. The van der Waals surface area contributed by atoms with E-state index in [0.717, 1.165) is 59.5 Å². The summed E-state index contributed by atoms with van der Waals surface area (Å²) >= 11 is 1.64. The molecule has 6 rings (SSSR count). The Bertz CT molecular complexity index is 1260. The van der Waals surface area contributed by atoms with E-state index in [4.69, 9.17) is 0 Å². The monoisotopic (exact) mass is 443 g/mol. The summed E-state index contributed by atoms with van der Waals surface area (Å²) in [5.41, 5.74) is 8.57. The molecular formula is C25H25N5OS. The van der Waals surface area contributed by atoms with Crippen molar-refractivity contribution >= 4 is 27.5 Å². The molecule has 6 nitrogen and oxygen atoms in total. The van der Waals surface area contributed by atoms with E-state index in [1.165, 1.54) is 11.1 Å². The van der Waals surface area contributed by atoms with Gasteiger partial charge in [-0.05, 0) is 37.0 Å². The van der Waals surface area contributed by atoms with Gasteiger partial charge in [-0.15, -0.1) is 11.3 Å². The number of thiazole rings is 1. The van der Waals surface area contributed by atoms with Crippen molar-refractivity contribution in [1.29, 1.82) is 0 Å². The molecule has 7 heteroatoms. The van der Waals surface area contributed by atoms with Crippen molar-refractivity contribution in [1.82, 2.24) is 25.8 Å². The molecule has 0 bridgehead atoms. The highest BCUT2D eigenvalue weighted by Gasteiger charge is 2.34. The second kappa shape index (κ2) is 8.15. The summed E-state index contributed by atoms with van der Waals surface area (Å²) in [5, 5.41) is 14.7. The summed E-state index contributed by atoms with van der Waals surface area (Å²) in [6, 6.07) is 16.9. The Kier molecular flexibility index (Phi) is 5.00. The smallest absolute Gasteiger partial charge is 0.223 e. The highest BCUT2D eigenvalue weighted by atomic mass is 32.1. The number of rotatable bonds is 4. The van der Waals surface area contributed by atoms with E-state index >= 15 is 0 Å². The van der Waals surface area contributed by atoms with Gasteiger partial charge in [0.15, 0.2) is 0 Å². The lowest BCUT2D eigenvalue weighted by atomic mass is 9.84. The van der Waals surface area contributed by atoms with Gasteiger partial charge in [0.25, 0.3) is 0 Å². The molecule has 3 atom stereocenters. The van der Waals surface area contributed by atoms with Crippen LogP contribution in [0.3, 0.4) is 0 Å². The number of hydrogen-bond donors (Lipinski definition) is 3. The summed E-state index contributed by atoms with van der Waals surface area (Å²) in [7, 11) is 0. The molecule has 3 heterocycles. The van der Waals surface area contributed by atoms with Gasteiger partial charge in [-0.3, -0.25) is 9.89 Å². The van der Waals surface area contributed by atoms with Gasteiger partial charge in [-0.1, -0.05) is 36.4 Å². The number of nitrogens with zero attached hydrogens (tertiary/aromatic N) is 2. The average Bonchev–Trinajstić information content (AvgIpc) is 3.58. The summed E-state index contributed by atoms with van der Waals surface area (Å²) in [4.78, 5) is 17.6. The van der Waals surface area contributed by atoms with Gasteiger partial charge in [0.1, 0.15) is 0 Å². The van der Waals surface area contributed by atoms with E-state index in [9.17, 15) is 4.79 Å². The maximum atomic E-state index is 13.3. The third-order valence-corrected chi connectivity index (χ3v) is 7.68. The van der Waals surface area contributed by atoms with Gasteiger partial charge in [0.05, 0.1) is 21.4 Å². The first-order valence-corrected chi connectivity index (χ1v) is 12.1. The number of benzene rings is 2. The van der Waals surface area contributed by atoms with Crippen molar-refractivity contribution in [2.24, 2.45) is 5.92 Å². The molecule has 2 aromatic heterocycles. The quantitative estimate of drug-likeness (QED) is 0.450. The fourth-order valence-electron chi connectivity index (χ4n) is 5.14. The van der Waals surface area contributed by atoms with Crippen LogP contribution in [0.1, 0.15) is 29.2 Å². The summed E-state index contributed by atoms with van der Waals surface area (Å²) in [6.45, 7) is 1.71. The predicted octanol–water partition coefficient (Wildman–Crippen LogP) is 3.66. The molecule has 1 aliphatic heterocycles. The van der Waals surface area contributed by atoms with E-state index in [1.807, 2.05) is 17.6 Å². The molecule has 0 spiro atoms. The number of carbonyl (C=O) groups excluding carboxylic acids is 1. The minimum Gasteiger partial charge on any atom is -0.351 e. The zero-order valence-corrected chi connectivity index (χ0v) is 18.5. The maximum Gasteiger partial charge on any atom is 0.223 e. The number of amides is 1. The van der Waals surface area contributed by atoms with Gasteiger partial charge in [-0.25, -0.2) is 4.98 Å². The normalized spacial score (nSPS) is 22.7. The van der Waals surface area contributed by atoms with Crippen LogP contribution >= 0.6 is 11.3 Å². The Balaban J connectivity index is 1.20. The molecule has 1 aliphatic carbocycles. The van der Waals surface area contributed by atoms with Gasteiger partial charge in [-0.2, -0.15) is 5.10 Å². The van der Waals surface area contributed by atoms with Crippen molar-refractivity contribution in [3.05, 3.63) is 70.9 Å². The first kappa shape index (κ1) is 19.6. The van der Waals surface area contributed by atoms with Crippen molar-refractivity contribution in [3.63, 3.8) is 0 Å². The molecule has 1 fully saturated rings. The van der Waals surface area contributed by atoms with Gasteiger partial charge in [0.2, 0.25) is 5.91 Å². The first-order chi connectivity index (χ1) is 15.8. The third-order valence-electron chi connectivity index (χ3n) is 6.89. The van der Waals surface area contributed by atoms with Crippen LogP contribution < -0.4 is 10.6 Å². The van der Waals surface area contributed by atoms with E-state index in [2.05, 4.69) is 62.2 Å². The van der Waals surface area contributed by atoms with Crippen molar-refractivity contribution in [3.8, 4) is 11.3 Å². The molecule has 0 saturated carbocycles. The number of aromatic amines is 1. The summed E-state index contributed by atoms with van der Waals surface area (Å²) in [6.07, 6.45) is 2.43. The van der Waals surface area contributed by atoms with E-state index in [0.29, 0.717) is 5.92 Å². The van der Waals surface area contributed by atoms with Gasteiger partial charge < -0.3 is 10.6 Å².